The Bertz CT molecular complexity index is 2410. The van der Waals surface area contributed by atoms with Crippen LogP contribution in [-0.2, 0) is 0 Å². The number of para-hydroxylation sites is 1. The number of aryl methyl sites for hydroxylation is 2. The van der Waals surface area contributed by atoms with Crippen LogP contribution in [0.1, 0.15) is 41.2 Å². The fourth-order valence-electron chi connectivity index (χ4n) is 7.27. The van der Waals surface area contributed by atoms with Crippen molar-refractivity contribution >= 4 is 62.6 Å². The smallest absolute Gasteiger partial charge is 0.0468 e. The molecule has 1 atom stereocenters. The highest BCUT2D eigenvalue weighted by molar-refractivity contribution is 5.89. The van der Waals surface area contributed by atoms with Crippen molar-refractivity contribution in [2.24, 2.45) is 5.92 Å². The maximum absolute atomic E-state index is 2.36. The average molecular weight is 685 g/mol. The lowest BCUT2D eigenvalue weighted by molar-refractivity contribution is 0.739. The Kier molecular flexibility index (Phi) is 9.60. The molecule has 0 aromatic heterocycles. The van der Waals surface area contributed by atoms with Crippen molar-refractivity contribution in [3.05, 3.63) is 210 Å². The van der Waals surface area contributed by atoms with Gasteiger partial charge in [0.1, 0.15) is 0 Å². The Morgan fingerprint density at radius 1 is 0.472 bits per heavy atom. The van der Waals surface area contributed by atoms with Gasteiger partial charge in [-0.3, -0.25) is 0 Å². The molecule has 0 bridgehead atoms. The highest BCUT2D eigenvalue weighted by Crippen LogP contribution is 2.38. The Labute approximate surface area is 314 Å². The zero-order chi connectivity index (χ0) is 36.1. The Morgan fingerprint density at radius 3 is 1.57 bits per heavy atom. The molecule has 258 valence electrons. The molecule has 7 aromatic rings. The first kappa shape index (κ1) is 33.7. The largest absolute Gasteiger partial charge is 0.310 e. The summed E-state index contributed by atoms with van der Waals surface area (Å²) in [5.74, 6) is 0.606. The third-order valence-corrected chi connectivity index (χ3v) is 10.0. The van der Waals surface area contributed by atoms with E-state index in [1.54, 1.807) is 0 Å². The van der Waals surface area contributed by atoms with Crippen molar-refractivity contribution in [2.75, 3.05) is 9.80 Å². The molecule has 1 unspecified atom stereocenters. The summed E-state index contributed by atoms with van der Waals surface area (Å²) in [5, 5.41) is 2.47. The van der Waals surface area contributed by atoms with E-state index < -0.39 is 0 Å². The van der Waals surface area contributed by atoms with Crippen molar-refractivity contribution < 1.29 is 0 Å². The lowest BCUT2D eigenvalue weighted by Crippen LogP contribution is -2.10. The summed E-state index contributed by atoms with van der Waals surface area (Å²) in [4.78, 5) is 4.68. The van der Waals surface area contributed by atoms with E-state index in [0.29, 0.717) is 5.92 Å². The van der Waals surface area contributed by atoms with Crippen molar-refractivity contribution in [1.29, 1.82) is 0 Å². The lowest BCUT2D eigenvalue weighted by atomic mass is 9.94. The maximum Gasteiger partial charge on any atom is 0.0468 e. The number of fused-ring (bicyclic) bond motifs is 1. The summed E-state index contributed by atoms with van der Waals surface area (Å²) in [7, 11) is 0. The standard InChI is InChI=1S/C51H44N2/c1-37-13-21-43(22-14-37)44-23-30-49(31-24-44)53(51-34-38(2)33-39(3)35-51)48-28-19-41(20-29-48)16-15-40-17-26-47(27-18-40)52(46-11-5-4-6-12-46)50-32-25-42-9-7-8-10-45(42)36-50/h4-13,15-37H,14H2,1-3H3/b16-15+. The molecule has 0 amide bonds. The van der Waals surface area contributed by atoms with Gasteiger partial charge in [0.05, 0.1) is 0 Å². The molecule has 1 aliphatic rings. The van der Waals surface area contributed by atoms with Crippen molar-refractivity contribution in [2.45, 2.75) is 27.2 Å². The molecule has 0 fully saturated rings. The molecule has 0 saturated carbocycles. The number of benzene rings is 7. The third-order valence-electron chi connectivity index (χ3n) is 10.0. The van der Waals surface area contributed by atoms with Crippen LogP contribution in [0.4, 0.5) is 34.1 Å². The van der Waals surface area contributed by atoms with Crippen LogP contribution in [0, 0.1) is 19.8 Å². The van der Waals surface area contributed by atoms with E-state index in [1.807, 2.05) is 0 Å². The molecular weight excluding hydrogens is 641 g/mol. The lowest BCUT2D eigenvalue weighted by Gasteiger charge is -2.27. The van der Waals surface area contributed by atoms with Crippen LogP contribution in [0.3, 0.4) is 0 Å². The first-order chi connectivity index (χ1) is 26.0. The average Bonchev–Trinajstić information content (AvgIpc) is 3.19. The minimum Gasteiger partial charge on any atom is -0.310 e. The second kappa shape index (κ2) is 15.1. The summed E-state index contributed by atoms with van der Waals surface area (Å²) in [6.45, 7) is 6.61. The summed E-state index contributed by atoms with van der Waals surface area (Å²) in [6, 6.07) is 59.2. The van der Waals surface area contributed by atoms with E-state index in [0.717, 1.165) is 51.7 Å². The summed E-state index contributed by atoms with van der Waals surface area (Å²) in [5.41, 5.74) is 14.2. The molecule has 0 heterocycles. The van der Waals surface area contributed by atoms with Gasteiger partial charge in [0.25, 0.3) is 0 Å². The van der Waals surface area contributed by atoms with E-state index in [2.05, 4.69) is 225 Å². The Balaban J connectivity index is 1.04. The minimum atomic E-state index is 0.606. The van der Waals surface area contributed by atoms with Gasteiger partial charge < -0.3 is 9.80 Å². The van der Waals surface area contributed by atoms with Gasteiger partial charge in [-0.25, -0.2) is 0 Å². The third kappa shape index (κ3) is 7.64. The highest BCUT2D eigenvalue weighted by Gasteiger charge is 2.15. The van der Waals surface area contributed by atoms with Crippen LogP contribution in [0.15, 0.2) is 182 Å². The Hall–Kier alpha value is -6.38. The van der Waals surface area contributed by atoms with Crippen molar-refractivity contribution in [1.82, 2.24) is 0 Å². The van der Waals surface area contributed by atoms with Crippen LogP contribution in [0.25, 0.3) is 28.5 Å². The van der Waals surface area contributed by atoms with Crippen LogP contribution < -0.4 is 9.80 Å². The highest BCUT2D eigenvalue weighted by atomic mass is 15.1. The first-order valence-corrected chi connectivity index (χ1v) is 18.6. The van der Waals surface area contributed by atoms with Crippen LogP contribution in [0.2, 0.25) is 0 Å². The number of hydrogen-bond donors (Lipinski definition) is 0. The molecule has 2 heteroatoms. The Morgan fingerprint density at radius 2 is 0.981 bits per heavy atom. The van der Waals surface area contributed by atoms with Crippen LogP contribution in [-0.4, -0.2) is 0 Å². The zero-order valence-electron chi connectivity index (χ0n) is 30.7. The SMILES string of the molecule is Cc1cc(C)cc(N(c2ccc(/C=C/c3ccc(N(c4ccccc4)c4ccc5ccccc5c4)cc3)cc2)c2ccc(C3=CCC(C)C=C3)cc2)c1. The van der Waals surface area contributed by atoms with E-state index in [-0.39, 0.29) is 0 Å². The molecule has 0 aliphatic heterocycles. The monoisotopic (exact) mass is 684 g/mol. The molecule has 8 rings (SSSR count). The second-order valence-electron chi connectivity index (χ2n) is 14.2. The van der Waals surface area contributed by atoms with E-state index >= 15 is 0 Å². The second-order valence-corrected chi connectivity index (χ2v) is 14.2. The van der Waals surface area contributed by atoms with Gasteiger partial charge in [0, 0.05) is 34.1 Å². The van der Waals surface area contributed by atoms with Gasteiger partial charge in [-0.2, -0.15) is 0 Å². The topological polar surface area (TPSA) is 6.48 Å². The minimum absolute atomic E-state index is 0.606. The number of nitrogens with zero attached hydrogens (tertiary/aromatic N) is 2. The van der Waals surface area contributed by atoms with Gasteiger partial charge in [-0.1, -0.05) is 128 Å². The molecule has 0 spiro atoms. The van der Waals surface area contributed by atoms with Gasteiger partial charge in [-0.05, 0) is 143 Å². The molecule has 0 radical (unpaired) electrons. The van der Waals surface area contributed by atoms with Gasteiger partial charge in [-0.15, -0.1) is 0 Å². The maximum atomic E-state index is 2.36. The van der Waals surface area contributed by atoms with Crippen molar-refractivity contribution in [3.63, 3.8) is 0 Å². The fraction of sp³-hybridized carbons (Fsp3) is 0.0980. The zero-order valence-corrected chi connectivity index (χ0v) is 30.7. The number of allylic oxidation sites excluding steroid dienone is 4. The summed E-state index contributed by atoms with van der Waals surface area (Å²) in [6.07, 6.45) is 12.4. The van der Waals surface area contributed by atoms with Crippen LogP contribution >= 0.6 is 0 Å². The van der Waals surface area contributed by atoms with Crippen LogP contribution in [0.5, 0.6) is 0 Å². The molecule has 7 aromatic carbocycles. The fourth-order valence-corrected chi connectivity index (χ4v) is 7.27. The van der Waals surface area contributed by atoms with E-state index in [4.69, 9.17) is 0 Å². The first-order valence-electron chi connectivity index (χ1n) is 18.6. The predicted molar refractivity (Wildman–Crippen MR) is 229 cm³/mol. The number of rotatable bonds is 9. The van der Waals surface area contributed by atoms with E-state index in [9.17, 15) is 0 Å². The van der Waals surface area contributed by atoms with Gasteiger partial charge in [0.2, 0.25) is 0 Å². The molecule has 53 heavy (non-hydrogen) atoms. The normalized spacial score (nSPS) is 14.0. The molecular formula is C51H44N2. The summed E-state index contributed by atoms with van der Waals surface area (Å²) >= 11 is 0. The van der Waals surface area contributed by atoms with Gasteiger partial charge in [0.15, 0.2) is 0 Å². The number of hydrogen-bond acceptors (Lipinski definition) is 2. The molecule has 0 N–H and O–H groups in total. The number of anilines is 6. The molecule has 2 nitrogen and oxygen atoms in total. The van der Waals surface area contributed by atoms with Gasteiger partial charge >= 0.3 is 0 Å². The quantitative estimate of drug-likeness (QED) is 0.140. The molecule has 1 aliphatic carbocycles. The van der Waals surface area contributed by atoms with Crippen molar-refractivity contribution in [3.8, 4) is 0 Å². The van der Waals surface area contributed by atoms with E-state index in [1.165, 1.54) is 33.0 Å². The summed E-state index contributed by atoms with van der Waals surface area (Å²) < 4.78 is 0. The molecule has 0 saturated heterocycles. The predicted octanol–water partition coefficient (Wildman–Crippen LogP) is 14.5.